The van der Waals surface area contributed by atoms with Gasteiger partial charge >= 0.3 is 0 Å². The molecule has 0 radical (unpaired) electrons. The fraction of sp³-hybridized carbons (Fsp3) is 0.176. The normalized spacial score (nSPS) is 12.0. The molecule has 0 bridgehead atoms. The van der Waals surface area contributed by atoms with Gasteiger partial charge in [0.25, 0.3) is 5.91 Å². The lowest BCUT2D eigenvalue weighted by Gasteiger charge is -2.03. The Labute approximate surface area is 135 Å². The highest BCUT2D eigenvalue weighted by molar-refractivity contribution is 7.16. The number of halogens is 2. The van der Waals surface area contributed by atoms with Crippen molar-refractivity contribution in [1.82, 2.24) is 4.57 Å². The third-order valence-corrected chi connectivity index (χ3v) is 4.44. The van der Waals surface area contributed by atoms with E-state index in [9.17, 15) is 13.6 Å². The second-order valence-corrected chi connectivity index (χ2v) is 6.03. The predicted octanol–water partition coefficient (Wildman–Crippen LogP) is 4.13. The molecule has 1 amide bonds. The molecular weight excluding hydrogens is 318 g/mol. The molecule has 6 heteroatoms. The van der Waals surface area contributed by atoms with E-state index in [-0.39, 0.29) is 11.4 Å². The van der Waals surface area contributed by atoms with E-state index >= 15 is 0 Å². The lowest BCUT2D eigenvalue weighted by molar-refractivity contribution is 0.0994. The fourth-order valence-corrected chi connectivity index (χ4v) is 3.45. The molecule has 2 aromatic carbocycles. The first-order valence-electron chi connectivity index (χ1n) is 7.23. The van der Waals surface area contributed by atoms with Gasteiger partial charge in [-0.1, -0.05) is 36.5 Å². The highest BCUT2D eigenvalue weighted by Crippen LogP contribution is 2.21. The minimum absolute atomic E-state index is 0.0894. The van der Waals surface area contributed by atoms with Crippen LogP contribution in [0.25, 0.3) is 10.2 Å². The standard InChI is InChI=1S/C17H14F2N2OS/c1-2-10-21-15-13(19)8-5-9-14(15)23-17(21)20-16(22)11-6-3-4-7-12(11)18/h3-9H,2,10H2,1H3. The van der Waals surface area contributed by atoms with Gasteiger partial charge in [0.2, 0.25) is 0 Å². The van der Waals surface area contributed by atoms with Crippen molar-refractivity contribution in [2.75, 3.05) is 0 Å². The summed E-state index contributed by atoms with van der Waals surface area (Å²) < 4.78 is 30.2. The number of amides is 1. The molecule has 1 heterocycles. The van der Waals surface area contributed by atoms with Gasteiger partial charge in [0.1, 0.15) is 11.6 Å². The zero-order valence-corrected chi connectivity index (χ0v) is 13.2. The molecule has 0 aliphatic rings. The minimum Gasteiger partial charge on any atom is -0.314 e. The summed E-state index contributed by atoms with van der Waals surface area (Å²) in [6.07, 6.45) is 0.765. The summed E-state index contributed by atoms with van der Waals surface area (Å²) in [5.41, 5.74) is 0.341. The van der Waals surface area contributed by atoms with Crippen molar-refractivity contribution < 1.29 is 13.6 Å². The van der Waals surface area contributed by atoms with Gasteiger partial charge in [-0.05, 0) is 30.7 Å². The Morgan fingerprint density at radius 1 is 1.13 bits per heavy atom. The number of aryl methyl sites for hydroxylation is 1. The van der Waals surface area contributed by atoms with E-state index < -0.39 is 11.7 Å². The first-order chi connectivity index (χ1) is 11.1. The Kier molecular flexibility index (Phi) is 4.34. The van der Waals surface area contributed by atoms with Crippen LogP contribution in [-0.4, -0.2) is 10.5 Å². The maximum absolute atomic E-state index is 14.1. The molecule has 3 rings (SSSR count). The van der Waals surface area contributed by atoms with Crippen LogP contribution in [0.3, 0.4) is 0 Å². The maximum atomic E-state index is 14.1. The molecule has 3 aromatic rings. The largest absolute Gasteiger partial charge is 0.314 e. The smallest absolute Gasteiger partial charge is 0.282 e. The first-order valence-corrected chi connectivity index (χ1v) is 8.05. The van der Waals surface area contributed by atoms with Crippen molar-refractivity contribution in [3.8, 4) is 0 Å². The van der Waals surface area contributed by atoms with Gasteiger partial charge in [0.05, 0.1) is 15.8 Å². The number of hydrogen-bond donors (Lipinski definition) is 0. The van der Waals surface area contributed by atoms with Gasteiger partial charge in [0, 0.05) is 6.54 Å². The van der Waals surface area contributed by atoms with Crippen LogP contribution >= 0.6 is 11.3 Å². The molecule has 0 atom stereocenters. The molecular formula is C17H14F2N2OS. The van der Waals surface area contributed by atoms with Crippen molar-refractivity contribution >= 4 is 27.5 Å². The molecule has 0 saturated carbocycles. The van der Waals surface area contributed by atoms with Crippen molar-refractivity contribution in [2.45, 2.75) is 19.9 Å². The molecule has 118 valence electrons. The van der Waals surface area contributed by atoms with Crippen LogP contribution in [0, 0.1) is 11.6 Å². The van der Waals surface area contributed by atoms with E-state index in [1.165, 1.54) is 35.6 Å². The van der Waals surface area contributed by atoms with E-state index in [4.69, 9.17) is 0 Å². The van der Waals surface area contributed by atoms with Crippen LogP contribution in [0.2, 0.25) is 0 Å². The quantitative estimate of drug-likeness (QED) is 0.710. The third-order valence-electron chi connectivity index (χ3n) is 3.40. The summed E-state index contributed by atoms with van der Waals surface area (Å²) in [5, 5.41) is 0. The van der Waals surface area contributed by atoms with Gasteiger partial charge < -0.3 is 4.57 Å². The first kappa shape index (κ1) is 15.6. The van der Waals surface area contributed by atoms with E-state index in [0.29, 0.717) is 21.6 Å². The molecule has 0 aliphatic heterocycles. The number of fused-ring (bicyclic) bond motifs is 1. The number of rotatable bonds is 3. The Morgan fingerprint density at radius 3 is 2.61 bits per heavy atom. The third kappa shape index (κ3) is 2.94. The summed E-state index contributed by atoms with van der Waals surface area (Å²) in [6, 6.07) is 10.5. The van der Waals surface area contributed by atoms with Crippen LogP contribution < -0.4 is 4.80 Å². The summed E-state index contributed by atoms with van der Waals surface area (Å²) >= 11 is 1.22. The highest BCUT2D eigenvalue weighted by Gasteiger charge is 2.13. The second-order valence-electron chi connectivity index (χ2n) is 5.02. The zero-order chi connectivity index (χ0) is 16.4. The summed E-state index contributed by atoms with van der Waals surface area (Å²) in [5.74, 6) is -1.64. The van der Waals surface area contributed by atoms with E-state index in [1.54, 1.807) is 22.8 Å². The van der Waals surface area contributed by atoms with Gasteiger partial charge in [-0.25, -0.2) is 8.78 Å². The Bertz CT molecular complexity index is 943. The Hall–Kier alpha value is -2.34. The number of benzene rings is 2. The van der Waals surface area contributed by atoms with Crippen molar-refractivity contribution in [1.29, 1.82) is 0 Å². The number of aromatic nitrogens is 1. The molecule has 0 spiro atoms. The number of hydrogen-bond acceptors (Lipinski definition) is 2. The fourth-order valence-electron chi connectivity index (χ4n) is 2.38. The highest BCUT2D eigenvalue weighted by atomic mass is 32.1. The number of para-hydroxylation sites is 1. The van der Waals surface area contributed by atoms with Crippen LogP contribution in [-0.2, 0) is 6.54 Å². The average Bonchev–Trinajstić information content (AvgIpc) is 2.87. The van der Waals surface area contributed by atoms with E-state index in [1.807, 2.05) is 6.92 Å². The number of thiazole rings is 1. The van der Waals surface area contributed by atoms with E-state index in [0.717, 1.165) is 6.42 Å². The van der Waals surface area contributed by atoms with Crippen molar-refractivity contribution in [3.05, 3.63) is 64.5 Å². The van der Waals surface area contributed by atoms with Crippen molar-refractivity contribution in [2.24, 2.45) is 4.99 Å². The van der Waals surface area contributed by atoms with Crippen LogP contribution in [0.1, 0.15) is 23.7 Å². The second kappa shape index (κ2) is 6.42. The van der Waals surface area contributed by atoms with Crippen molar-refractivity contribution in [3.63, 3.8) is 0 Å². The number of carbonyl (C=O) groups excluding carboxylic acids is 1. The van der Waals surface area contributed by atoms with Gasteiger partial charge in [-0.2, -0.15) is 4.99 Å². The van der Waals surface area contributed by atoms with Gasteiger partial charge in [-0.15, -0.1) is 0 Å². The maximum Gasteiger partial charge on any atom is 0.282 e. The molecule has 3 nitrogen and oxygen atoms in total. The van der Waals surface area contributed by atoms with Gasteiger partial charge in [-0.3, -0.25) is 4.79 Å². The lowest BCUT2D eigenvalue weighted by atomic mass is 10.2. The predicted molar refractivity (Wildman–Crippen MR) is 86.4 cm³/mol. The molecule has 0 fully saturated rings. The zero-order valence-electron chi connectivity index (χ0n) is 12.4. The summed E-state index contributed by atoms with van der Waals surface area (Å²) in [4.78, 5) is 16.6. The van der Waals surface area contributed by atoms with Crippen LogP contribution in [0.5, 0.6) is 0 Å². The van der Waals surface area contributed by atoms with Crippen LogP contribution in [0.15, 0.2) is 47.5 Å². The molecule has 0 aliphatic carbocycles. The average molecular weight is 332 g/mol. The molecule has 0 unspecified atom stereocenters. The molecule has 0 saturated heterocycles. The van der Waals surface area contributed by atoms with Crippen LogP contribution in [0.4, 0.5) is 8.78 Å². The monoisotopic (exact) mass is 332 g/mol. The Balaban J connectivity index is 2.19. The lowest BCUT2D eigenvalue weighted by Crippen LogP contribution is -2.17. The van der Waals surface area contributed by atoms with E-state index in [2.05, 4.69) is 4.99 Å². The molecule has 0 N–H and O–H groups in total. The minimum atomic E-state index is -0.667. The Morgan fingerprint density at radius 2 is 1.87 bits per heavy atom. The SMILES string of the molecule is CCCn1c(=NC(=O)c2ccccc2F)sc2cccc(F)c21. The summed E-state index contributed by atoms with van der Waals surface area (Å²) in [7, 11) is 0. The molecule has 23 heavy (non-hydrogen) atoms. The summed E-state index contributed by atoms with van der Waals surface area (Å²) in [6.45, 7) is 2.49. The molecule has 1 aromatic heterocycles. The number of nitrogens with zero attached hydrogens (tertiary/aromatic N) is 2. The topological polar surface area (TPSA) is 34.4 Å². The van der Waals surface area contributed by atoms with Gasteiger partial charge in [0.15, 0.2) is 4.80 Å². The number of carbonyl (C=O) groups is 1.